The number of ether oxygens (including phenoxy) is 1. The van der Waals surface area contributed by atoms with E-state index in [-0.39, 0.29) is 17.6 Å². The maximum absolute atomic E-state index is 13.4. The molecule has 1 aromatic carbocycles. The van der Waals surface area contributed by atoms with Crippen LogP contribution in [0.3, 0.4) is 0 Å². The number of carbonyl (C=O) groups is 2. The molecule has 170 valence electrons. The van der Waals surface area contributed by atoms with Crippen molar-refractivity contribution in [3.05, 3.63) is 29.8 Å². The van der Waals surface area contributed by atoms with Gasteiger partial charge in [0.25, 0.3) is 0 Å². The SMILES string of the molecule is COCCN1C(=O)[C@H]2CN(C)CCN2C12CCN(C(=O)Nc1cc(F)cc(F)c1)CC2. The Kier molecular flexibility index (Phi) is 6.14. The molecular formula is C21H29F2N5O3. The second-order valence-corrected chi connectivity index (χ2v) is 8.51. The molecule has 3 saturated heterocycles. The van der Waals surface area contributed by atoms with E-state index in [1.54, 1.807) is 12.0 Å². The van der Waals surface area contributed by atoms with E-state index in [9.17, 15) is 18.4 Å². The molecule has 3 heterocycles. The maximum Gasteiger partial charge on any atom is 0.321 e. The zero-order valence-corrected chi connectivity index (χ0v) is 17.9. The second kappa shape index (κ2) is 8.68. The van der Waals surface area contributed by atoms with Gasteiger partial charge in [-0.1, -0.05) is 0 Å². The Balaban J connectivity index is 1.47. The van der Waals surface area contributed by atoms with Crippen LogP contribution in [0.2, 0.25) is 0 Å². The molecule has 3 fully saturated rings. The van der Waals surface area contributed by atoms with Crippen molar-refractivity contribution in [1.82, 2.24) is 19.6 Å². The highest BCUT2D eigenvalue weighted by molar-refractivity contribution is 5.89. The Labute approximate surface area is 180 Å². The minimum Gasteiger partial charge on any atom is -0.383 e. The van der Waals surface area contributed by atoms with Crippen LogP contribution >= 0.6 is 0 Å². The van der Waals surface area contributed by atoms with Crippen molar-refractivity contribution in [2.45, 2.75) is 24.5 Å². The van der Waals surface area contributed by atoms with Gasteiger partial charge in [0.05, 0.1) is 6.61 Å². The Hall–Kier alpha value is -2.30. The summed E-state index contributed by atoms with van der Waals surface area (Å²) in [4.78, 5) is 34.0. The summed E-state index contributed by atoms with van der Waals surface area (Å²) in [6.45, 7) is 4.24. The van der Waals surface area contributed by atoms with E-state index < -0.39 is 23.3 Å². The number of carbonyl (C=O) groups excluding carboxylic acids is 2. The number of fused-ring (bicyclic) bond motifs is 2. The van der Waals surface area contributed by atoms with Crippen LogP contribution < -0.4 is 5.32 Å². The number of benzene rings is 1. The zero-order chi connectivity index (χ0) is 22.2. The molecule has 8 nitrogen and oxygen atoms in total. The van der Waals surface area contributed by atoms with Gasteiger partial charge in [0.1, 0.15) is 23.3 Å². The lowest BCUT2D eigenvalue weighted by atomic mass is 9.93. The van der Waals surface area contributed by atoms with Gasteiger partial charge >= 0.3 is 6.03 Å². The zero-order valence-electron chi connectivity index (χ0n) is 17.9. The molecular weight excluding hydrogens is 408 g/mol. The number of nitrogens with zero attached hydrogens (tertiary/aromatic N) is 4. The maximum atomic E-state index is 13.4. The molecule has 0 aliphatic carbocycles. The summed E-state index contributed by atoms with van der Waals surface area (Å²) in [6.07, 6.45) is 1.24. The van der Waals surface area contributed by atoms with E-state index in [1.165, 1.54) is 0 Å². The van der Waals surface area contributed by atoms with Crippen LogP contribution in [0.4, 0.5) is 19.3 Å². The van der Waals surface area contributed by atoms with Gasteiger partial charge in [-0.05, 0) is 19.2 Å². The highest BCUT2D eigenvalue weighted by atomic mass is 19.1. The van der Waals surface area contributed by atoms with Gasteiger partial charge in [-0.25, -0.2) is 13.6 Å². The van der Waals surface area contributed by atoms with Crippen molar-refractivity contribution in [1.29, 1.82) is 0 Å². The summed E-state index contributed by atoms with van der Waals surface area (Å²) in [5, 5.41) is 2.57. The van der Waals surface area contributed by atoms with E-state index in [2.05, 4.69) is 15.1 Å². The van der Waals surface area contributed by atoms with Crippen molar-refractivity contribution in [2.24, 2.45) is 0 Å². The lowest BCUT2D eigenvalue weighted by molar-refractivity contribution is -0.134. The molecule has 1 aromatic rings. The third-order valence-electron chi connectivity index (χ3n) is 6.66. The molecule has 31 heavy (non-hydrogen) atoms. The summed E-state index contributed by atoms with van der Waals surface area (Å²) in [6, 6.07) is 2.36. The largest absolute Gasteiger partial charge is 0.383 e. The number of halogens is 2. The van der Waals surface area contributed by atoms with E-state index in [4.69, 9.17) is 4.74 Å². The van der Waals surface area contributed by atoms with Crippen molar-refractivity contribution in [2.75, 3.05) is 65.3 Å². The molecule has 0 radical (unpaired) electrons. The number of urea groups is 1. The number of amides is 3. The number of hydrogen-bond donors (Lipinski definition) is 1. The Morgan fingerprint density at radius 3 is 2.48 bits per heavy atom. The predicted molar refractivity (Wildman–Crippen MR) is 110 cm³/mol. The Bertz CT molecular complexity index is 826. The monoisotopic (exact) mass is 437 g/mol. The fraction of sp³-hybridized carbons (Fsp3) is 0.619. The number of likely N-dealkylation sites (N-methyl/N-ethyl adjacent to an activating group) is 1. The minimum atomic E-state index is -0.743. The van der Waals surface area contributed by atoms with E-state index >= 15 is 0 Å². The molecule has 0 aromatic heterocycles. The predicted octanol–water partition coefficient (Wildman–Crippen LogP) is 1.39. The van der Waals surface area contributed by atoms with Crippen molar-refractivity contribution in [3.63, 3.8) is 0 Å². The van der Waals surface area contributed by atoms with Crippen LogP contribution in [0.25, 0.3) is 0 Å². The van der Waals surface area contributed by atoms with Gasteiger partial charge in [-0.2, -0.15) is 0 Å². The highest BCUT2D eigenvalue weighted by Crippen LogP contribution is 2.41. The van der Waals surface area contributed by atoms with Gasteiger partial charge in [0.2, 0.25) is 5.91 Å². The van der Waals surface area contributed by atoms with Gasteiger partial charge < -0.3 is 24.8 Å². The first kappa shape index (κ1) is 21.9. The third-order valence-corrected chi connectivity index (χ3v) is 6.66. The van der Waals surface area contributed by atoms with Crippen LogP contribution in [0.1, 0.15) is 12.8 Å². The molecule has 4 rings (SSSR count). The second-order valence-electron chi connectivity index (χ2n) is 8.51. The molecule has 0 unspecified atom stereocenters. The lowest BCUT2D eigenvalue weighted by Crippen LogP contribution is -2.64. The molecule has 3 aliphatic heterocycles. The summed E-state index contributed by atoms with van der Waals surface area (Å²) >= 11 is 0. The van der Waals surface area contributed by atoms with Gasteiger partial charge in [-0.15, -0.1) is 0 Å². The molecule has 0 saturated carbocycles. The number of anilines is 1. The number of rotatable bonds is 4. The summed E-state index contributed by atoms with van der Waals surface area (Å²) < 4.78 is 32.1. The number of likely N-dealkylation sites (tertiary alicyclic amines) is 1. The van der Waals surface area contributed by atoms with Crippen molar-refractivity contribution < 1.29 is 23.1 Å². The summed E-state index contributed by atoms with van der Waals surface area (Å²) in [5.41, 5.74) is -0.344. The minimum absolute atomic E-state index is 0.0830. The normalized spacial score (nSPS) is 24.0. The van der Waals surface area contributed by atoms with Crippen molar-refractivity contribution in [3.8, 4) is 0 Å². The first-order valence-electron chi connectivity index (χ1n) is 10.6. The highest BCUT2D eigenvalue weighted by Gasteiger charge is 2.58. The summed E-state index contributed by atoms with van der Waals surface area (Å²) in [7, 11) is 3.65. The number of hydrogen-bond acceptors (Lipinski definition) is 5. The Morgan fingerprint density at radius 1 is 1.16 bits per heavy atom. The Morgan fingerprint density at radius 2 is 1.84 bits per heavy atom. The molecule has 3 aliphatic rings. The van der Waals surface area contributed by atoms with Crippen LogP contribution in [-0.2, 0) is 9.53 Å². The smallest absolute Gasteiger partial charge is 0.321 e. The van der Waals surface area contributed by atoms with Gasteiger partial charge in [0, 0.05) is 71.0 Å². The van der Waals surface area contributed by atoms with E-state index in [0.29, 0.717) is 45.6 Å². The molecule has 1 spiro atoms. The fourth-order valence-corrected chi connectivity index (χ4v) is 5.12. The standard InChI is InChI=1S/C21H29F2N5O3/c1-25-7-8-27-18(14-25)19(29)28(9-10-31-2)21(27)3-5-26(6-4-21)20(30)24-17-12-15(22)11-16(23)13-17/h11-13,18H,3-10,14H2,1-2H3,(H,24,30)/t18-/m1/s1. The average Bonchev–Trinajstić information content (AvgIpc) is 2.93. The lowest BCUT2D eigenvalue weighted by Gasteiger charge is -2.50. The van der Waals surface area contributed by atoms with Gasteiger partial charge in [-0.3, -0.25) is 9.69 Å². The van der Waals surface area contributed by atoms with Crippen LogP contribution in [0, 0.1) is 11.6 Å². The quantitative estimate of drug-likeness (QED) is 0.771. The van der Waals surface area contributed by atoms with Crippen LogP contribution in [-0.4, -0.2) is 103 Å². The first-order valence-corrected chi connectivity index (χ1v) is 10.6. The molecule has 10 heteroatoms. The molecule has 1 N–H and O–H groups in total. The number of piperidine rings is 1. The van der Waals surface area contributed by atoms with E-state index in [0.717, 1.165) is 31.3 Å². The van der Waals surface area contributed by atoms with Crippen LogP contribution in [0.15, 0.2) is 18.2 Å². The molecule has 3 amide bonds. The van der Waals surface area contributed by atoms with Gasteiger partial charge in [0.15, 0.2) is 0 Å². The first-order chi connectivity index (χ1) is 14.8. The number of piperazine rings is 1. The molecule has 0 bridgehead atoms. The number of nitrogens with one attached hydrogen (secondary N) is 1. The van der Waals surface area contributed by atoms with Crippen molar-refractivity contribution >= 4 is 17.6 Å². The topological polar surface area (TPSA) is 68.4 Å². The summed E-state index contributed by atoms with van der Waals surface area (Å²) in [5.74, 6) is -1.36. The molecule has 1 atom stereocenters. The third kappa shape index (κ3) is 4.11. The number of methoxy groups -OCH3 is 1. The van der Waals surface area contributed by atoms with Crippen LogP contribution in [0.5, 0.6) is 0 Å². The average molecular weight is 437 g/mol. The fourth-order valence-electron chi connectivity index (χ4n) is 5.12. The van der Waals surface area contributed by atoms with E-state index in [1.807, 2.05) is 11.9 Å².